The summed E-state index contributed by atoms with van der Waals surface area (Å²) in [6.07, 6.45) is 1.03. The summed E-state index contributed by atoms with van der Waals surface area (Å²) >= 11 is 13.4. The van der Waals surface area contributed by atoms with Crippen LogP contribution in [0.1, 0.15) is 11.3 Å². The molecule has 0 aliphatic carbocycles. The fourth-order valence-corrected chi connectivity index (χ4v) is 3.00. The number of hydrogen-bond acceptors (Lipinski definition) is 7. The van der Waals surface area contributed by atoms with E-state index in [2.05, 4.69) is 20.6 Å². The van der Waals surface area contributed by atoms with Gasteiger partial charge in [-0.25, -0.2) is 4.98 Å². The van der Waals surface area contributed by atoms with Gasteiger partial charge in [-0.1, -0.05) is 29.3 Å². The molecule has 0 aliphatic heterocycles. The lowest BCUT2D eigenvalue weighted by molar-refractivity contribution is 0.322. The lowest BCUT2D eigenvalue weighted by Gasteiger charge is -2.11. The molecule has 0 radical (unpaired) electrons. The van der Waals surface area contributed by atoms with Crippen LogP contribution in [-0.2, 0) is 6.54 Å². The van der Waals surface area contributed by atoms with Gasteiger partial charge in [0.05, 0.1) is 16.7 Å². The molecule has 2 aromatic rings. The molecule has 0 bridgehead atoms. The number of aliphatic hydroxyl groups is 1. The van der Waals surface area contributed by atoms with Crippen LogP contribution in [0.4, 0.5) is 11.6 Å². The summed E-state index contributed by atoms with van der Waals surface area (Å²) < 4.78 is 0. The van der Waals surface area contributed by atoms with Gasteiger partial charge < -0.3 is 21.1 Å². The molecular weight excluding hydrogens is 397 g/mol. The molecule has 10 heteroatoms. The van der Waals surface area contributed by atoms with E-state index in [1.54, 1.807) is 23.9 Å². The number of halogens is 2. The van der Waals surface area contributed by atoms with Gasteiger partial charge in [-0.2, -0.15) is 11.8 Å². The van der Waals surface area contributed by atoms with Gasteiger partial charge >= 0.3 is 0 Å². The second kappa shape index (κ2) is 10.4. The van der Waals surface area contributed by atoms with Crippen LogP contribution in [0.3, 0.4) is 0 Å². The Bertz CT molecular complexity index is 816. The van der Waals surface area contributed by atoms with Gasteiger partial charge in [-0.3, -0.25) is 9.78 Å². The van der Waals surface area contributed by atoms with Crippen LogP contribution in [0.5, 0.6) is 0 Å². The first kappa shape index (κ1) is 20.6. The highest BCUT2D eigenvalue weighted by molar-refractivity contribution is 7.99. The van der Waals surface area contributed by atoms with Crippen molar-refractivity contribution in [2.45, 2.75) is 6.54 Å². The van der Waals surface area contributed by atoms with E-state index >= 15 is 0 Å². The van der Waals surface area contributed by atoms with Crippen molar-refractivity contribution in [3.05, 3.63) is 49.9 Å². The van der Waals surface area contributed by atoms with Crippen molar-refractivity contribution in [3.8, 4) is 0 Å². The number of aromatic nitrogens is 2. The summed E-state index contributed by atoms with van der Waals surface area (Å²) in [6.45, 7) is 1.05. The number of H-pyrrole nitrogens is 1. The van der Waals surface area contributed by atoms with Crippen LogP contribution in [0.2, 0.25) is 10.0 Å². The Hall–Kier alpha value is -1.74. The van der Waals surface area contributed by atoms with Gasteiger partial charge in [-0.15, -0.1) is 0 Å². The highest BCUT2D eigenvalue weighted by Crippen LogP contribution is 2.22. The van der Waals surface area contributed by atoms with E-state index in [9.17, 15) is 4.79 Å². The van der Waals surface area contributed by atoms with Crippen LogP contribution in [0.25, 0.3) is 0 Å². The molecule has 5 N–H and O–H groups in total. The molecule has 26 heavy (non-hydrogen) atoms. The fourth-order valence-electron chi connectivity index (χ4n) is 2.10. The van der Waals surface area contributed by atoms with Crippen molar-refractivity contribution >= 4 is 52.8 Å². The average Bonchev–Trinajstić information content (AvgIpc) is 2.63. The Morgan fingerprint density at radius 1 is 1.27 bits per heavy atom. The maximum atomic E-state index is 12.3. The van der Waals surface area contributed by atoms with Crippen molar-refractivity contribution in [1.29, 1.82) is 5.41 Å². The number of benzene rings is 1. The van der Waals surface area contributed by atoms with Crippen LogP contribution in [0.15, 0.2) is 23.0 Å². The Balaban J connectivity index is 2.03. The topological polar surface area (TPSA) is 114 Å². The smallest absolute Gasteiger partial charge is 0.276 e. The maximum absolute atomic E-state index is 12.3. The van der Waals surface area contributed by atoms with Gasteiger partial charge in [0.1, 0.15) is 11.4 Å². The molecule has 0 aliphatic rings. The minimum Gasteiger partial charge on any atom is -0.396 e. The average molecular weight is 416 g/mol. The maximum Gasteiger partial charge on any atom is 0.276 e. The lowest BCUT2D eigenvalue weighted by Crippen LogP contribution is -2.22. The number of aromatic amines is 1. The quantitative estimate of drug-likeness (QED) is 0.301. The monoisotopic (exact) mass is 415 g/mol. The third kappa shape index (κ3) is 5.91. The van der Waals surface area contributed by atoms with Gasteiger partial charge in [-0.05, 0) is 17.7 Å². The summed E-state index contributed by atoms with van der Waals surface area (Å²) in [5, 5.41) is 23.2. The van der Waals surface area contributed by atoms with E-state index < -0.39 is 0 Å². The molecule has 7 nitrogen and oxygen atoms in total. The van der Waals surface area contributed by atoms with E-state index in [0.717, 1.165) is 17.5 Å². The van der Waals surface area contributed by atoms with Gasteiger partial charge in [0.2, 0.25) is 5.95 Å². The van der Waals surface area contributed by atoms with Gasteiger partial charge in [0, 0.05) is 30.8 Å². The Labute approximate surface area is 165 Å². The second-order valence-corrected chi connectivity index (χ2v) is 7.22. The molecule has 0 saturated heterocycles. The van der Waals surface area contributed by atoms with Gasteiger partial charge in [0.25, 0.3) is 5.56 Å². The molecule has 140 valence electrons. The summed E-state index contributed by atoms with van der Waals surface area (Å²) in [5.41, 5.74) is 1.02. The van der Waals surface area contributed by atoms with E-state index in [0.29, 0.717) is 28.9 Å². The van der Waals surface area contributed by atoms with Crippen LogP contribution >= 0.6 is 35.0 Å². The Morgan fingerprint density at radius 2 is 2.08 bits per heavy atom. The third-order valence-electron chi connectivity index (χ3n) is 3.31. The van der Waals surface area contributed by atoms with E-state index in [-0.39, 0.29) is 29.5 Å². The van der Waals surface area contributed by atoms with Crippen molar-refractivity contribution in [2.24, 2.45) is 0 Å². The third-order valence-corrected chi connectivity index (χ3v) is 5.01. The van der Waals surface area contributed by atoms with E-state index in [4.69, 9.17) is 33.7 Å². The fraction of sp³-hybridized carbons (Fsp3) is 0.312. The molecule has 2 rings (SSSR count). The highest BCUT2D eigenvalue weighted by atomic mass is 35.5. The zero-order valence-electron chi connectivity index (χ0n) is 13.8. The number of nitrogens with one attached hydrogen (secondary N) is 4. The van der Waals surface area contributed by atoms with Crippen molar-refractivity contribution in [3.63, 3.8) is 0 Å². The Kier molecular flexibility index (Phi) is 8.24. The molecule has 0 amide bonds. The molecule has 0 atom stereocenters. The largest absolute Gasteiger partial charge is 0.396 e. The molecular formula is C16H19Cl2N5O2S. The Morgan fingerprint density at radius 3 is 2.77 bits per heavy atom. The van der Waals surface area contributed by atoms with Crippen molar-refractivity contribution in [2.75, 3.05) is 35.3 Å². The zero-order valence-corrected chi connectivity index (χ0v) is 16.1. The lowest BCUT2D eigenvalue weighted by atomic mass is 10.2. The van der Waals surface area contributed by atoms with Crippen molar-refractivity contribution in [1.82, 2.24) is 9.97 Å². The number of hydrogen-bond donors (Lipinski definition) is 5. The summed E-state index contributed by atoms with van der Waals surface area (Å²) in [6, 6.07) is 5.24. The van der Waals surface area contributed by atoms with Gasteiger partial charge in [0.15, 0.2) is 0 Å². The van der Waals surface area contributed by atoms with Crippen molar-refractivity contribution < 1.29 is 5.11 Å². The first-order valence-electron chi connectivity index (χ1n) is 7.80. The first-order valence-corrected chi connectivity index (χ1v) is 9.71. The van der Waals surface area contributed by atoms with E-state index in [1.807, 2.05) is 6.07 Å². The predicted octanol–water partition coefficient (Wildman–Crippen LogP) is 2.82. The molecule has 0 saturated carbocycles. The molecule has 0 unspecified atom stereocenters. The normalized spacial score (nSPS) is 10.6. The standard InChI is InChI=1S/C16H19Cl2N5O2S/c17-11-2-1-10(7-12(11)18)9-21-16-22-13(8-19)14(15(25)23-16)20-3-5-26-6-4-24/h1-2,7-8,19-20,24H,3-6,9H2,(H2,21,22,23,25). The van der Waals surface area contributed by atoms with Crippen LogP contribution in [0, 0.1) is 5.41 Å². The number of rotatable bonds is 10. The first-order chi connectivity index (χ1) is 12.5. The minimum atomic E-state index is -0.359. The SMILES string of the molecule is N=Cc1nc(NCc2ccc(Cl)c(Cl)c2)[nH]c(=O)c1NCCSCCO. The number of thioether (sulfide) groups is 1. The molecule has 1 heterocycles. The van der Waals surface area contributed by atoms with E-state index in [1.165, 1.54) is 0 Å². The molecule has 0 spiro atoms. The minimum absolute atomic E-state index is 0.123. The van der Waals surface area contributed by atoms with Crippen LogP contribution < -0.4 is 16.2 Å². The molecule has 1 aromatic carbocycles. The number of nitrogens with zero attached hydrogens (tertiary/aromatic N) is 1. The summed E-state index contributed by atoms with van der Waals surface area (Å²) in [7, 11) is 0. The summed E-state index contributed by atoms with van der Waals surface area (Å²) in [4.78, 5) is 19.2. The summed E-state index contributed by atoms with van der Waals surface area (Å²) in [5.74, 6) is 1.64. The second-order valence-electron chi connectivity index (χ2n) is 5.18. The van der Waals surface area contributed by atoms with Crippen LogP contribution in [-0.4, -0.2) is 45.9 Å². The molecule has 1 aromatic heterocycles. The molecule has 0 fully saturated rings. The highest BCUT2D eigenvalue weighted by Gasteiger charge is 2.10. The predicted molar refractivity (Wildman–Crippen MR) is 109 cm³/mol. The number of anilines is 2. The zero-order chi connectivity index (χ0) is 18.9. The number of aliphatic hydroxyl groups excluding tert-OH is 1.